The molecule has 6 heteroatoms. The molecule has 0 radical (unpaired) electrons. The van der Waals surface area contributed by atoms with Crippen LogP contribution in [0.4, 0.5) is 0 Å². The number of nitrogens with two attached hydrogens (primary N) is 1. The summed E-state index contributed by atoms with van der Waals surface area (Å²) < 4.78 is 4.65. The van der Waals surface area contributed by atoms with E-state index >= 15 is 0 Å². The van der Waals surface area contributed by atoms with Crippen molar-refractivity contribution in [3.8, 4) is 6.07 Å². The monoisotopic (exact) mass is 193 g/mol. The third-order valence-corrected chi connectivity index (χ3v) is 1.60. The van der Waals surface area contributed by atoms with Crippen molar-refractivity contribution < 1.29 is 14.4 Å². The van der Waals surface area contributed by atoms with Crippen molar-refractivity contribution in [1.29, 1.82) is 5.26 Å². The zero-order chi connectivity index (χ0) is 10.7. The van der Waals surface area contributed by atoms with Gasteiger partial charge in [0, 0.05) is 0 Å². The summed E-state index contributed by atoms with van der Waals surface area (Å²) in [6.45, 7) is 1.54. The van der Waals surface area contributed by atoms with Gasteiger partial charge in [0.25, 0.3) is 5.91 Å². The Morgan fingerprint density at radius 3 is 2.79 bits per heavy atom. The molecule has 0 saturated heterocycles. The van der Waals surface area contributed by atoms with Gasteiger partial charge in [0.15, 0.2) is 11.3 Å². The maximum Gasteiger partial charge on any atom is 0.263 e. The molecule has 0 spiro atoms. The maximum absolute atomic E-state index is 10.7. The van der Waals surface area contributed by atoms with Gasteiger partial charge in [0.05, 0.1) is 11.8 Å². The minimum absolute atomic E-state index is 0.181. The van der Waals surface area contributed by atoms with Gasteiger partial charge < -0.3 is 15.4 Å². The number of hydrogen-bond donors (Lipinski definition) is 2. The molecule has 0 aromatic carbocycles. The van der Waals surface area contributed by atoms with Gasteiger partial charge in [-0.1, -0.05) is 5.16 Å². The van der Waals surface area contributed by atoms with E-state index in [-0.39, 0.29) is 5.56 Å². The van der Waals surface area contributed by atoms with Gasteiger partial charge in [-0.3, -0.25) is 4.79 Å². The Balaban J connectivity index is 3.30. The van der Waals surface area contributed by atoms with Crippen LogP contribution in [0.2, 0.25) is 0 Å². The SMILES string of the molecule is Cc1oncc1/C(O)=C(/C#N)C(N)=O. The van der Waals surface area contributed by atoms with E-state index in [2.05, 4.69) is 9.68 Å². The van der Waals surface area contributed by atoms with Crippen LogP contribution in [0, 0.1) is 18.3 Å². The molecule has 0 bridgehead atoms. The molecular weight excluding hydrogens is 186 g/mol. The first-order valence-corrected chi connectivity index (χ1v) is 3.62. The number of aliphatic hydroxyl groups excluding tert-OH is 1. The van der Waals surface area contributed by atoms with Crippen LogP contribution in [-0.2, 0) is 4.79 Å². The molecule has 1 amide bonds. The second-order valence-electron chi connectivity index (χ2n) is 2.50. The van der Waals surface area contributed by atoms with Crippen LogP contribution in [0.25, 0.3) is 5.76 Å². The quantitative estimate of drug-likeness (QED) is 0.397. The van der Waals surface area contributed by atoms with Crippen LogP contribution < -0.4 is 5.73 Å². The van der Waals surface area contributed by atoms with Crippen LogP contribution in [0.3, 0.4) is 0 Å². The Kier molecular flexibility index (Phi) is 2.53. The summed E-state index contributed by atoms with van der Waals surface area (Å²) in [5.41, 5.74) is 4.54. The lowest BCUT2D eigenvalue weighted by Gasteiger charge is -1.97. The summed E-state index contributed by atoms with van der Waals surface area (Å²) in [7, 11) is 0. The van der Waals surface area contributed by atoms with Crippen molar-refractivity contribution in [2.75, 3.05) is 0 Å². The first-order valence-electron chi connectivity index (χ1n) is 3.62. The summed E-state index contributed by atoms with van der Waals surface area (Å²) in [5, 5.41) is 21.4. The molecule has 1 rings (SSSR count). The third-order valence-electron chi connectivity index (χ3n) is 1.60. The first kappa shape index (κ1) is 9.80. The lowest BCUT2D eigenvalue weighted by atomic mass is 10.1. The van der Waals surface area contributed by atoms with E-state index in [1.165, 1.54) is 19.2 Å². The molecule has 0 unspecified atom stereocenters. The van der Waals surface area contributed by atoms with E-state index in [1.807, 2.05) is 0 Å². The predicted octanol–water partition coefficient (Wildman–Crippen LogP) is 0.261. The standard InChI is InChI=1S/C8H7N3O3/c1-4-6(3-11-14-4)7(12)5(2-9)8(10)13/h3,12H,1H3,(H2,10,13)/b7-5+. The average molecular weight is 193 g/mol. The number of primary amides is 1. The molecule has 6 nitrogen and oxygen atoms in total. The fourth-order valence-corrected chi connectivity index (χ4v) is 0.885. The van der Waals surface area contributed by atoms with Crippen molar-refractivity contribution in [3.05, 3.63) is 23.1 Å². The average Bonchev–Trinajstić information content (AvgIpc) is 2.51. The highest BCUT2D eigenvalue weighted by molar-refractivity contribution is 6.02. The van der Waals surface area contributed by atoms with Gasteiger partial charge in [-0.25, -0.2) is 0 Å². The second kappa shape index (κ2) is 3.62. The Bertz CT molecular complexity index is 439. The highest BCUT2D eigenvalue weighted by Gasteiger charge is 2.17. The van der Waals surface area contributed by atoms with Gasteiger partial charge in [-0.15, -0.1) is 0 Å². The Hall–Kier alpha value is -2.29. The van der Waals surface area contributed by atoms with Crippen molar-refractivity contribution in [3.63, 3.8) is 0 Å². The summed E-state index contributed by atoms with van der Waals surface area (Å²) in [6, 6.07) is 1.50. The summed E-state index contributed by atoms with van der Waals surface area (Å²) in [6.07, 6.45) is 1.20. The zero-order valence-electron chi connectivity index (χ0n) is 7.31. The Morgan fingerprint density at radius 2 is 2.43 bits per heavy atom. The molecular formula is C8H7N3O3. The van der Waals surface area contributed by atoms with Crippen LogP contribution in [0.1, 0.15) is 11.3 Å². The number of aliphatic hydroxyl groups is 1. The van der Waals surface area contributed by atoms with E-state index in [0.717, 1.165) is 0 Å². The van der Waals surface area contributed by atoms with E-state index in [0.29, 0.717) is 5.76 Å². The predicted molar refractivity (Wildman–Crippen MR) is 45.6 cm³/mol. The molecule has 3 N–H and O–H groups in total. The fraction of sp³-hybridized carbons (Fsp3) is 0.125. The largest absolute Gasteiger partial charge is 0.506 e. The fourth-order valence-electron chi connectivity index (χ4n) is 0.885. The lowest BCUT2D eigenvalue weighted by Crippen LogP contribution is -2.14. The normalized spacial score (nSPS) is 11.7. The number of aromatic nitrogens is 1. The number of amides is 1. The Labute approximate surface area is 79.2 Å². The molecule has 14 heavy (non-hydrogen) atoms. The number of aryl methyl sites for hydroxylation is 1. The van der Waals surface area contributed by atoms with Gasteiger partial charge in [-0.05, 0) is 6.92 Å². The molecule has 0 aliphatic heterocycles. The van der Waals surface area contributed by atoms with Gasteiger partial charge in [0.1, 0.15) is 11.8 Å². The minimum atomic E-state index is -0.995. The number of nitrogens with zero attached hydrogens (tertiary/aromatic N) is 2. The van der Waals surface area contributed by atoms with Crippen molar-refractivity contribution in [2.24, 2.45) is 5.73 Å². The van der Waals surface area contributed by atoms with E-state index < -0.39 is 17.2 Å². The zero-order valence-corrected chi connectivity index (χ0v) is 7.31. The lowest BCUT2D eigenvalue weighted by molar-refractivity contribution is -0.114. The highest BCUT2D eigenvalue weighted by atomic mass is 16.5. The molecule has 1 heterocycles. The minimum Gasteiger partial charge on any atom is -0.506 e. The van der Waals surface area contributed by atoms with Gasteiger partial charge in [0.2, 0.25) is 0 Å². The number of carbonyl (C=O) groups is 1. The maximum atomic E-state index is 10.7. The molecule has 0 saturated carbocycles. The van der Waals surface area contributed by atoms with Crippen LogP contribution >= 0.6 is 0 Å². The number of hydrogen-bond acceptors (Lipinski definition) is 5. The van der Waals surface area contributed by atoms with E-state index in [4.69, 9.17) is 11.0 Å². The van der Waals surface area contributed by atoms with E-state index in [9.17, 15) is 9.90 Å². The van der Waals surface area contributed by atoms with Crippen LogP contribution in [0.5, 0.6) is 0 Å². The van der Waals surface area contributed by atoms with Crippen molar-refractivity contribution in [2.45, 2.75) is 6.92 Å². The first-order chi connectivity index (χ1) is 6.57. The van der Waals surface area contributed by atoms with Crippen LogP contribution in [0.15, 0.2) is 16.3 Å². The molecule has 0 fully saturated rings. The topological polar surface area (TPSA) is 113 Å². The third kappa shape index (κ3) is 1.56. The molecule has 0 aliphatic carbocycles. The van der Waals surface area contributed by atoms with Crippen molar-refractivity contribution >= 4 is 11.7 Å². The second-order valence-corrected chi connectivity index (χ2v) is 2.50. The smallest absolute Gasteiger partial charge is 0.263 e. The van der Waals surface area contributed by atoms with Gasteiger partial charge in [-0.2, -0.15) is 5.26 Å². The molecule has 0 aliphatic rings. The molecule has 1 aromatic rings. The number of rotatable bonds is 2. The van der Waals surface area contributed by atoms with E-state index in [1.54, 1.807) is 0 Å². The molecule has 0 atom stereocenters. The van der Waals surface area contributed by atoms with Gasteiger partial charge >= 0.3 is 0 Å². The molecule has 72 valence electrons. The summed E-state index contributed by atoms with van der Waals surface area (Å²) in [4.78, 5) is 10.7. The number of nitriles is 1. The molecule has 1 aromatic heterocycles. The highest BCUT2D eigenvalue weighted by Crippen LogP contribution is 2.18. The Morgan fingerprint density at radius 1 is 1.79 bits per heavy atom. The van der Waals surface area contributed by atoms with Crippen LogP contribution in [-0.4, -0.2) is 16.2 Å². The summed E-state index contributed by atoms with van der Waals surface area (Å²) >= 11 is 0. The number of carbonyl (C=O) groups excluding carboxylic acids is 1. The summed E-state index contributed by atoms with van der Waals surface area (Å²) in [5.74, 6) is -1.21. The van der Waals surface area contributed by atoms with Crippen molar-refractivity contribution in [1.82, 2.24) is 5.16 Å².